The number of piperidine rings is 1. The van der Waals surface area contributed by atoms with Gasteiger partial charge in [0.2, 0.25) is 0 Å². The van der Waals surface area contributed by atoms with Gasteiger partial charge >= 0.3 is 5.97 Å². The van der Waals surface area contributed by atoms with Gasteiger partial charge in [0.1, 0.15) is 12.0 Å². The Hall–Kier alpha value is -0.910. The fourth-order valence-electron chi connectivity index (χ4n) is 6.77. The molecule has 0 amide bonds. The molecule has 1 spiro atoms. The Kier molecular flexibility index (Phi) is 4.41. The molecule has 0 aromatic rings. The van der Waals surface area contributed by atoms with Crippen molar-refractivity contribution < 1.29 is 23.9 Å². The Morgan fingerprint density at radius 1 is 1.19 bits per heavy atom. The zero-order valence-corrected chi connectivity index (χ0v) is 16.6. The highest BCUT2D eigenvalue weighted by atomic mass is 16.7. The number of allylic oxidation sites excluding steroid dienone is 1. The minimum atomic E-state index is -0.325. The summed E-state index contributed by atoms with van der Waals surface area (Å²) in [5.74, 6) is 0.745. The topological polar surface area (TPSA) is 49.2 Å². The molecular weight excluding hydrogens is 342 g/mol. The number of quaternary nitrogens is 1. The molecule has 5 nitrogen and oxygen atoms in total. The molecule has 150 valence electrons. The van der Waals surface area contributed by atoms with Crippen LogP contribution < -0.4 is 4.90 Å². The first-order valence-electron chi connectivity index (χ1n) is 11.0. The summed E-state index contributed by atoms with van der Waals surface area (Å²) in [5.41, 5.74) is 1.70. The Morgan fingerprint density at radius 2 is 1.93 bits per heavy atom. The Bertz CT molecular complexity index is 618. The molecule has 0 aromatic heterocycles. The first-order chi connectivity index (χ1) is 13.0. The monoisotopic (exact) mass is 376 g/mol. The summed E-state index contributed by atoms with van der Waals surface area (Å²) in [7, 11) is 0. The molecule has 5 heteroatoms. The number of hydrogen-bond acceptors (Lipinski definition) is 4. The molecule has 0 bridgehead atoms. The highest BCUT2D eigenvalue weighted by Gasteiger charge is 2.56. The van der Waals surface area contributed by atoms with Crippen molar-refractivity contribution in [1.82, 2.24) is 0 Å². The van der Waals surface area contributed by atoms with Gasteiger partial charge in [0.25, 0.3) is 0 Å². The summed E-state index contributed by atoms with van der Waals surface area (Å²) in [6.45, 7) is 11.2. The van der Waals surface area contributed by atoms with Crippen molar-refractivity contribution >= 4 is 5.97 Å². The van der Waals surface area contributed by atoms with Crippen molar-refractivity contribution in [3.8, 4) is 0 Å². The van der Waals surface area contributed by atoms with Crippen molar-refractivity contribution in [2.75, 3.05) is 32.8 Å². The molecule has 5 aliphatic rings. The molecular formula is C22H34NO4+. The van der Waals surface area contributed by atoms with E-state index < -0.39 is 0 Å². The van der Waals surface area contributed by atoms with E-state index in [4.69, 9.17) is 14.2 Å². The lowest BCUT2D eigenvalue weighted by Crippen LogP contribution is -3.14. The van der Waals surface area contributed by atoms with Gasteiger partial charge in [-0.15, -0.1) is 0 Å². The predicted octanol–water partition coefficient (Wildman–Crippen LogP) is 1.72. The van der Waals surface area contributed by atoms with Crippen LogP contribution in [0, 0.1) is 23.2 Å². The summed E-state index contributed by atoms with van der Waals surface area (Å²) in [6.07, 6.45) is 7.80. The third kappa shape index (κ3) is 3.06. The number of rotatable bonds is 2. The van der Waals surface area contributed by atoms with E-state index in [2.05, 4.69) is 13.5 Å². The molecule has 2 saturated carbocycles. The Balaban J connectivity index is 1.26. The zero-order valence-electron chi connectivity index (χ0n) is 16.6. The van der Waals surface area contributed by atoms with E-state index in [1.54, 1.807) is 0 Å². The highest BCUT2D eigenvalue weighted by Crippen LogP contribution is 2.56. The largest absolute Gasteiger partial charge is 0.462 e. The fraction of sp³-hybridized carbons (Fsp3) is 0.864. The lowest BCUT2D eigenvalue weighted by atomic mass is 9.55. The van der Waals surface area contributed by atoms with Crippen LogP contribution >= 0.6 is 0 Å². The fourth-order valence-corrected chi connectivity index (χ4v) is 6.77. The second-order valence-corrected chi connectivity index (χ2v) is 9.97. The molecule has 1 N–H and O–H groups in total. The van der Waals surface area contributed by atoms with E-state index in [1.165, 1.54) is 23.3 Å². The van der Waals surface area contributed by atoms with Gasteiger partial charge in [-0.2, -0.15) is 0 Å². The number of carbonyl (C=O) groups excluding carboxylic acids is 1. The minimum absolute atomic E-state index is 0.0546. The van der Waals surface area contributed by atoms with E-state index in [0.717, 1.165) is 65.0 Å². The van der Waals surface area contributed by atoms with Crippen LogP contribution in [-0.4, -0.2) is 50.7 Å². The van der Waals surface area contributed by atoms with Crippen molar-refractivity contribution in [2.45, 2.75) is 63.8 Å². The molecule has 0 aromatic carbocycles. The third-order valence-corrected chi connectivity index (χ3v) is 8.36. The highest BCUT2D eigenvalue weighted by molar-refractivity contribution is 5.75. The van der Waals surface area contributed by atoms with E-state index in [0.29, 0.717) is 11.8 Å². The third-order valence-electron chi connectivity index (χ3n) is 8.36. The van der Waals surface area contributed by atoms with Crippen LogP contribution in [0.5, 0.6) is 0 Å². The van der Waals surface area contributed by atoms with Gasteiger partial charge in [-0.1, -0.05) is 19.1 Å². The average molecular weight is 377 g/mol. The standard InChI is InChI=1S/C22H33NO4/c1-15-4-3-5-21(2)13-19-16(12-18(15)21)17(20(24)27-19)14-23-8-6-22(7-9-23)25-10-11-26-22/h16-19H,1,3-14H2,2H3/p+1/t16-,17-,18-,19-,21-/m1/s1. The van der Waals surface area contributed by atoms with Gasteiger partial charge < -0.3 is 19.1 Å². The van der Waals surface area contributed by atoms with Gasteiger partial charge in [0.15, 0.2) is 5.79 Å². The summed E-state index contributed by atoms with van der Waals surface area (Å²) in [6, 6.07) is 0. The lowest BCUT2D eigenvalue weighted by Gasteiger charge is -2.50. The van der Waals surface area contributed by atoms with Gasteiger partial charge in [-0.3, -0.25) is 4.79 Å². The van der Waals surface area contributed by atoms with Crippen molar-refractivity contribution in [3.63, 3.8) is 0 Å². The van der Waals surface area contributed by atoms with Crippen LogP contribution in [0.2, 0.25) is 0 Å². The van der Waals surface area contributed by atoms with Gasteiger partial charge in [0.05, 0.1) is 45.7 Å². The second kappa shape index (κ2) is 6.57. The summed E-state index contributed by atoms with van der Waals surface area (Å²) in [5, 5.41) is 0. The van der Waals surface area contributed by atoms with Gasteiger partial charge in [-0.25, -0.2) is 0 Å². The molecule has 5 atom stereocenters. The minimum Gasteiger partial charge on any atom is -0.462 e. The van der Waals surface area contributed by atoms with E-state index in [1.807, 2.05) is 0 Å². The Labute approximate surface area is 162 Å². The van der Waals surface area contributed by atoms with Crippen LogP contribution in [0.1, 0.15) is 51.9 Å². The maximum absolute atomic E-state index is 12.7. The number of nitrogens with one attached hydrogen (secondary N) is 1. The number of ether oxygens (including phenoxy) is 3. The van der Waals surface area contributed by atoms with Crippen molar-refractivity contribution in [2.24, 2.45) is 23.2 Å². The number of likely N-dealkylation sites (tertiary alicyclic amines) is 1. The second-order valence-electron chi connectivity index (χ2n) is 9.97. The molecule has 0 radical (unpaired) electrons. The number of carbonyl (C=O) groups is 1. The SMILES string of the molecule is C=C1CCC[C@]2(C)C[C@H]3OC(=O)[C@H](C[NH+]4CCC5(CC4)OCCO5)[C@H]3C[C@H]12. The quantitative estimate of drug-likeness (QED) is 0.589. The van der Waals surface area contributed by atoms with Crippen LogP contribution in [0.4, 0.5) is 0 Å². The average Bonchev–Trinajstić information content (AvgIpc) is 3.20. The van der Waals surface area contributed by atoms with Crippen molar-refractivity contribution in [3.05, 3.63) is 12.2 Å². The summed E-state index contributed by atoms with van der Waals surface area (Å²) < 4.78 is 17.6. The van der Waals surface area contributed by atoms with Gasteiger partial charge in [0, 0.05) is 5.92 Å². The molecule has 3 aliphatic heterocycles. The van der Waals surface area contributed by atoms with Crippen LogP contribution in [0.3, 0.4) is 0 Å². The Morgan fingerprint density at radius 3 is 2.67 bits per heavy atom. The summed E-state index contributed by atoms with van der Waals surface area (Å²) >= 11 is 0. The molecule has 5 fully saturated rings. The van der Waals surface area contributed by atoms with E-state index in [9.17, 15) is 4.79 Å². The number of esters is 1. The normalized spacial score (nSPS) is 44.2. The van der Waals surface area contributed by atoms with E-state index in [-0.39, 0.29) is 29.2 Å². The molecule has 3 heterocycles. The maximum Gasteiger partial charge on any atom is 0.315 e. The smallest absolute Gasteiger partial charge is 0.315 e. The molecule has 27 heavy (non-hydrogen) atoms. The molecule has 2 aliphatic carbocycles. The summed E-state index contributed by atoms with van der Waals surface area (Å²) in [4.78, 5) is 14.3. The number of hydrogen-bond donors (Lipinski definition) is 1. The van der Waals surface area contributed by atoms with E-state index >= 15 is 0 Å². The lowest BCUT2D eigenvalue weighted by molar-refractivity contribution is -0.911. The first kappa shape index (κ1) is 18.1. The van der Waals surface area contributed by atoms with Crippen molar-refractivity contribution in [1.29, 1.82) is 0 Å². The zero-order chi connectivity index (χ0) is 18.6. The van der Waals surface area contributed by atoms with Crippen LogP contribution in [0.15, 0.2) is 12.2 Å². The first-order valence-corrected chi connectivity index (χ1v) is 11.0. The van der Waals surface area contributed by atoms with Crippen LogP contribution in [0.25, 0.3) is 0 Å². The van der Waals surface area contributed by atoms with Gasteiger partial charge in [-0.05, 0) is 43.4 Å². The predicted molar refractivity (Wildman–Crippen MR) is 100 cm³/mol. The molecule has 5 rings (SSSR count). The maximum atomic E-state index is 12.7. The molecule has 0 unspecified atom stereocenters. The molecule has 3 saturated heterocycles. The van der Waals surface area contributed by atoms with Crippen LogP contribution in [-0.2, 0) is 19.0 Å². The number of fused-ring (bicyclic) bond motifs is 2.